The van der Waals surface area contributed by atoms with Crippen LogP contribution in [0.15, 0.2) is 35.5 Å². The van der Waals surface area contributed by atoms with Gasteiger partial charge in [0.15, 0.2) is 5.16 Å². The number of hydrogen-bond donors (Lipinski definition) is 0. The zero-order valence-corrected chi connectivity index (χ0v) is 13.2. The number of rotatable bonds is 5. The molecule has 9 heteroatoms. The highest BCUT2D eigenvalue weighted by atomic mass is 32.2. The van der Waals surface area contributed by atoms with E-state index in [1.54, 1.807) is 37.3 Å². The zero-order chi connectivity index (χ0) is 17.0. The topological polar surface area (TPSA) is 57.0 Å². The lowest BCUT2D eigenvalue weighted by molar-refractivity contribution is -0.147. The highest BCUT2D eigenvalue weighted by Crippen LogP contribution is 2.37. The van der Waals surface area contributed by atoms with Crippen molar-refractivity contribution in [3.05, 3.63) is 41.7 Å². The Hall–Kier alpha value is -2.03. The largest absolute Gasteiger partial charge is 0.465 e. The summed E-state index contributed by atoms with van der Waals surface area (Å²) >= 11 is 0.868. The van der Waals surface area contributed by atoms with Crippen LogP contribution in [0.2, 0.25) is 0 Å². The maximum Gasteiger partial charge on any atom is 0.451 e. The summed E-state index contributed by atoms with van der Waals surface area (Å²) in [5.41, 5.74) is 0.618. The smallest absolute Gasteiger partial charge is 0.451 e. The van der Waals surface area contributed by atoms with Gasteiger partial charge >= 0.3 is 12.1 Å². The normalized spacial score (nSPS) is 12.9. The van der Waals surface area contributed by atoms with E-state index in [0.29, 0.717) is 5.56 Å². The van der Waals surface area contributed by atoms with Gasteiger partial charge in [0.1, 0.15) is 5.25 Å². The number of nitrogens with zero attached hydrogens (tertiary/aromatic N) is 3. The molecule has 0 bridgehead atoms. The Morgan fingerprint density at radius 3 is 2.48 bits per heavy atom. The lowest BCUT2D eigenvalue weighted by atomic mass is 10.1. The molecule has 0 radical (unpaired) electrons. The molecule has 2 rings (SSSR count). The highest BCUT2D eigenvalue weighted by Gasteiger charge is 2.38. The fourth-order valence-corrected chi connectivity index (χ4v) is 2.87. The Labute approximate surface area is 134 Å². The average molecular weight is 345 g/mol. The maximum absolute atomic E-state index is 12.8. The van der Waals surface area contributed by atoms with Gasteiger partial charge in [0.2, 0.25) is 5.82 Å². The molecule has 0 unspecified atom stereocenters. The van der Waals surface area contributed by atoms with Crippen molar-refractivity contribution >= 4 is 17.7 Å². The molecular formula is C14H14F3N3O2S. The third-order valence-electron chi connectivity index (χ3n) is 2.91. The molecule has 0 fully saturated rings. The van der Waals surface area contributed by atoms with Gasteiger partial charge in [-0.3, -0.25) is 4.79 Å². The van der Waals surface area contributed by atoms with Crippen LogP contribution in [-0.2, 0) is 22.8 Å². The Kier molecular flexibility index (Phi) is 5.30. The summed E-state index contributed by atoms with van der Waals surface area (Å²) in [7, 11) is 1.21. The van der Waals surface area contributed by atoms with E-state index in [-0.39, 0.29) is 11.8 Å². The Morgan fingerprint density at radius 1 is 1.30 bits per heavy atom. The fourth-order valence-electron chi connectivity index (χ4n) is 1.87. The maximum atomic E-state index is 12.8. The molecule has 0 aliphatic heterocycles. The molecule has 124 valence electrons. The average Bonchev–Trinajstić information content (AvgIpc) is 2.87. The first kappa shape index (κ1) is 17.3. The van der Waals surface area contributed by atoms with Crippen molar-refractivity contribution < 1.29 is 22.7 Å². The molecule has 0 spiro atoms. The van der Waals surface area contributed by atoms with Gasteiger partial charge in [0.25, 0.3) is 0 Å². The van der Waals surface area contributed by atoms with E-state index in [1.807, 2.05) is 0 Å². The first-order valence-corrected chi connectivity index (χ1v) is 7.57. The van der Waals surface area contributed by atoms with Crippen LogP contribution in [0.3, 0.4) is 0 Å². The molecule has 0 aliphatic carbocycles. The highest BCUT2D eigenvalue weighted by molar-refractivity contribution is 8.00. The zero-order valence-electron chi connectivity index (χ0n) is 12.4. The van der Waals surface area contributed by atoms with Gasteiger partial charge in [0, 0.05) is 7.05 Å². The summed E-state index contributed by atoms with van der Waals surface area (Å²) < 4.78 is 44.2. The number of carbonyl (C=O) groups is 1. The number of aromatic nitrogens is 3. The van der Waals surface area contributed by atoms with Crippen molar-refractivity contribution in [1.82, 2.24) is 14.8 Å². The quantitative estimate of drug-likeness (QED) is 0.615. The second-order valence-corrected chi connectivity index (χ2v) is 5.60. The molecule has 0 N–H and O–H groups in total. The van der Waals surface area contributed by atoms with Crippen LogP contribution >= 0.6 is 11.8 Å². The SMILES string of the molecule is CCOC(=O)[C@H](Sc1nnc(C(F)(F)F)n1C)c1ccccc1. The van der Waals surface area contributed by atoms with Crippen molar-refractivity contribution in [3.8, 4) is 0 Å². The number of carbonyl (C=O) groups excluding carboxylic acids is 1. The molecule has 5 nitrogen and oxygen atoms in total. The minimum absolute atomic E-state index is 0.0146. The molecule has 1 aromatic heterocycles. The Bertz CT molecular complexity index is 674. The molecule has 1 aromatic carbocycles. The van der Waals surface area contributed by atoms with E-state index in [2.05, 4.69) is 10.2 Å². The standard InChI is InChI=1S/C14H14F3N3O2S/c1-3-22-11(21)10(9-7-5-4-6-8-9)23-13-19-18-12(20(13)2)14(15,16)17/h4-8,10H,3H2,1-2H3/t10-/m1/s1. The number of hydrogen-bond acceptors (Lipinski definition) is 5. The molecule has 1 atom stereocenters. The van der Waals surface area contributed by atoms with E-state index < -0.39 is 23.2 Å². The van der Waals surface area contributed by atoms with E-state index in [1.165, 1.54) is 7.05 Å². The van der Waals surface area contributed by atoms with Gasteiger partial charge in [-0.15, -0.1) is 10.2 Å². The van der Waals surface area contributed by atoms with Gasteiger partial charge < -0.3 is 9.30 Å². The molecule has 1 heterocycles. The van der Waals surface area contributed by atoms with Crippen molar-refractivity contribution in [3.63, 3.8) is 0 Å². The molecular weight excluding hydrogens is 331 g/mol. The minimum Gasteiger partial charge on any atom is -0.465 e. The van der Waals surface area contributed by atoms with Crippen LogP contribution in [0.25, 0.3) is 0 Å². The van der Waals surface area contributed by atoms with Crippen molar-refractivity contribution in [1.29, 1.82) is 0 Å². The van der Waals surface area contributed by atoms with Crippen molar-refractivity contribution in [2.45, 2.75) is 23.5 Å². The van der Waals surface area contributed by atoms with Crippen LogP contribution in [0.5, 0.6) is 0 Å². The predicted molar refractivity (Wildman–Crippen MR) is 77.7 cm³/mol. The summed E-state index contributed by atoms with van der Waals surface area (Å²) in [4.78, 5) is 12.1. The third kappa shape index (κ3) is 4.04. The van der Waals surface area contributed by atoms with Gasteiger partial charge in [-0.25, -0.2) is 0 Å². The first-order valence-electron chi connectivity index (χ1n) is 6.69. The van der Waals surface area contributed by atoms with Crippen LogP contribution in [0.4, 0.5) is 13.2 Å². The molecule has 2 aromatic rings. The van der Waals surface area contributed by atoms with E-state index >= 15 is 0 Å². The number of ether oxygens (including phenoxy) is 1. The summed E-state index contributed by atoms with van der Waals surface area (Å²) in [6.07, 6.45) is -4.60. The summed E-state index contributed by atoms with van der Waals surface area (Å²) in [6, 6.07) is 8.66. The monoisotopic (exact) mass is 345 g/mol. The van der Waals surface area contributed by atoms with Gasteiger partial charge in [-0.05, 0) is 12.5 Å². The fraction of sp³-hybridized carbons (Fsp3) is 0.357. The summed E-state index contributed by atoms with van der Waals surface area (Å²) in [6.45, 7) is 1.84. The second kappa shape index (κ2) is 7.03. The second-order valence-electron chi connectivity index (χ2n) is 4.52. The lowest BCUT2D eigenvalue weighted by Crippen LogP contribution is -2.15. The van der Waals surface area contributed by atoms with Gasteiger partial charge in [0.05, 0.1) is 6.61 Å². The Morgan fingerprint density at radius 2 is 1.96 bits per heavy atom. The molecule has 0 saturated carbocycles. The van der Waals surface area contributed by atoms with Gasteiger partial charge in [-0.2, -0.15) is 13.2 Å². The number of benzene rings is 1. The molecule has 23 heavy (non-hydrogen) atoms. The number of esters is 1. The van der Waals surface area contributed by atoms with Crippen molar-refractivity contribution in [2.75, 3.05) is 6.61 Å². The number of thioether (sulfide) groups is 1. The third-order valence-corrected chi connectivity index (χ3v) is 4.18. The molecule has 0 amide bonds. The van der Waals surface area contributed by atoms with Crippen molar-refractivity contribution in [2.24, 2.45) is 7.05 Å². The van der Waals surface area contributed by atoms with Crippen LogP contribution < -0.4 is 0 Å². The predicted octanol–water partition coefficient (Wildman–Crippen LogP) is 3.23. The van der Waals surface area contributed by atoms with E-state index in [9.17, 15) is 18.0 Å². The summed E-state index contributed by atoms with van der Waals surface area (Å²) in [5, 5.41) is 5.86. The Balaban J connectivity index is 2.32. The molecule has 0 saturated heterocycles. The number of alkyl halides is 3. The first-order chi connectivity index (χ1) is 10.8. The van der Waals surface area contributed by atoms with E-state index in [4.69, 9.17) is 4.74 Å². The van der Waals surface area contributed by atoms with E-state index in [0.717, 1.165) is 16.3 Å². The summed E-state index contributed by atoms with van der Waals surface area (Å²) in [5.74, 6) is -1.66. The van der Waals surface area contributed by atoms with Crippen LogP contribution in [-0.4, -0.2) is 27.3 Å². The van der Waals surface area contributed by atoms with Gasteiger partial charge in [-0.1, -0.05) is 42.1 Å². The number of halogens is 3. The van der Waals surface area contributed by atoms with Crippen LogP contribution in [0.1, 0.15) is 23.6 Å². The van der Waals surface area contributed by atoms with Crippen LogP contribution in [0, 0.1) is 0 Å². The minimum atomic E-state index is -4.60. The lowest BCUT2D eigenvalue weighted by Gasteiger charge is -2.15. The molecule has 0 aliphatic rings.